The first kappa shape index (κ1) is 19.6. The van der Waals surface area contributed by atoms with E-state index in [1.54, 1.807) is 37.3 Å². The van der Waals surface area contributed by atoms with Crippen molar-refractivity contribution in [2.75, 3.05) is 5.32 Å². The van der Waals surface area contributed by atoms with Gasteiger partial charge in [0.05, 0.1) is 6.04 Å². The molecule has 144 valence electrons. The number of hydrogen-bond acceptors (Lipinski definition) is 3. The molecule has 0 bridgehead atoms. The lowest BCUT2D eigenvalue weighted by molar-refractivity contribution is -0.117. The predicted molar refractivity (Wildman–Crippen MR) is 109 cm³/mol. The summed E-state index contributed by atoms with van der Waals surface area (Å²) < 4.78 is 19.4. The number of carbonyl (C=O) groups is 1. The molecule has 0 radical (unpaired) electrons. The zero-order valence-corrected chi connectivity index (χ0v) is 15.7. The number of anilines is 1. The summed E-state index contributed by atoms with van der Waals surface area (Å²) in [5, 5.41) is 5.88. The topological polar surface area (TPSA) is 50.4 Å². The Morgan fingerprint density at radius 3 is 2.36 bits per heavy atom. The van der Waals surface area contributed by atoms with Crippen molar-refractivity contribution in [1.29, 1.82) is 0 Å². The van der Waals surface area contributed by atoms with Crippen LogP contribution in [-0.4, -0.2) is 11.9 Å². The second-order valence-electron chi connectivity index (χ2n) is 6.48. The van der Waals surface area contributed by atoms with Crippen LogP contribution in [0.15, 0.2) is 78.9 Å². The van der Waals surface area contributed by atoms with Crippen molar-refractivity contribution in [3.8, 4) is 5.75 Å². The van der Waals surface area contributed by atoms with Crippen molar-refractivity contribution >= 4 is 11.6 Å². The molecule has 5 heteroatoms. The Hall–Kier alpha value is -3.18. The van der Waals surface area contributed by atoms with Gasteiger partial charge in [-0.25, -0.2) is 4.39 Å². The lowest BCUT2D eigenvalue weighted by Crippen LogP contribution is -2.37. The predicted octanol–water partition coefficient (Wildman–Crippen LogP) is 4.52. The molecule has 0 heterocycles. The Bertz CT molecular complexity index is 898. The van der Waals surface area contributed by atoms with Crippen LogP contribution in [0.3, 0.4) is 0 Å². The van der Waals surface area contributed by atoms with Gasteiger partial charge in [-0.1, -0.05) is 48.5 Å². The van der Waals surface area contributed by atoms with Gasteiger partial charge in [-0.2, -0.15) is 0 Å². The zero-order chi connectivity index (χ0) is 19.8. The summed E-state index contributed by atoms with van der Waals surface area (Å²) in [7, 11) is 0. The van der Waals surface area contributed by atoms with Gasteiger partial charge in [0.25, 0.3) is 0 Å². The molecule has 0 aromatic heterocycles. The van der Waals surface area contributed by atoms with Crippen molar-refractivity contribution in [1.82, 2.24) is 5.32 Å². The van der Waals surface area contributed by atoms with Gasteiger partial charge in [-0.05, 0) is 42.8 Å². The molecule has 0 aliphatic rings. The normalized spacial score (nSPS) is 11.6. The van der Waals surface area contributed by atoms with Crippen LogP contribution in [0.4, 0.5) is 10.1 Å². The molecular weight excluding hydrogens is 355 g/mol. The van der Waals surface area contributed by atoms with Crippen molar-refractivity contribution in [3.05, 3.63) is 95.8 Å². The molecule has 3 aromatic carbocycles. The number of ether oxygens (including phenoxy) is 1. The summed E-state index contributed by atoms with van der Waals surface area (Å²) in [5.41, 5.74) is 2.30. The smallest absolute Gasteiger partial charge is 0.241 e. The fourth-order valence-corrected chi connectivity index (χ4v) is 2.62. The number of nitrogens with one attached hydrogen (secondary N) is 2. The maximum absolute atomic E-state index is 13.6. The third kappa shape index (κ3) is 5.66. The van der Waals surface area contributed by atoms with Gasteiger partial charge < -0.3 is 15.4 Å². The average molecular weight is 378 g/mol. The summed E-state index contributed by atoms with van der Waals surface area (Å²) in [6.07, 6.45) is 0. The van der Waals surface area contributed by atoms with Gasteiger partial charge in [0, 0.05) is 17.8 Å². The van der Waals surface area contributed by atoms with Crippen LogP contribution >= 0.6 is 0 Å². The van der Waals surface area contributed by atoms with Gasteiger partial charge in [-0.15, -0.1) is 0 Å². The minimum Gasteiger partial charge on any atom is -0.489 e. The first-order valence-electron chi connectivity index (χ1n) is 9.16. The van der Waals surface area contributed by atoms with Crippen LogP contribution in [0.5, 0.6) is 5.75 Å². The third-order valence-electron chi connectivity index (χ3n) is 4.32. The second kappa shape index (κ2) is 9.67. The molecule has 0 aliphatic heterocycles. The first-order valence-corrected chi connectivity index (χ1v) is 9.16. The van der Waals surface area contributed by atoms with Gasteiger partial charge >= 0.3 is 0 Å². The molecule has 0 aliphatic carbocycles. The molecule has 0 fully saturated rings. The molecule has 0 saturated carbocycles. The third-order valence-corrected chi connectivity index (χ3v) is 4.32. The molecular formula is C23H23FN2O2. The number of benzene rings is 3. The molecule has 1 amide bonds. The highest BCUT2D eigenvalue weighted by Gasteiger charge is 2.13. The molecule has 3 rings (SSSR count). The fourth-order valence-electron chi connectivity index (χ4n) is 2.62. The summed E-state index contributed by atoms with van der Waals surface area (Å²) in [6.45, 7) is 2.52. The minimum absolute atomic E-state index is 0.186. The summed E-state index contributed by atoms with van der Waals surface area (Å²) in [4.78, 5) is 12.3. The van der Waals surface area contributed by atoms with Crippen LogP contribution in [0.2, 0.25) is 0 Å². The fraction of sp³-hybridized carbons (Fsp3) is 0.174. The van der Waals surface area contributed by atoms with E-state index < -0.39 is 6.04 Å². The van der Waals surface area contributed by atoms with Crippen molar-refractivity contribution < 1.29 is 13.9 Å². The Balaban J connectivity index is 1.47. The number of halogens is 1. The Morgan fingerprint density at radius 1 is 0.964 bits per heavy atom. The molecule has 1 atom stereocenters. The zero-order valence-electron chi connectivity index (χ0n) is 15.7. The van der Waals surface area contributed by atoms with Crippen molar-refractivity contribution in [3.63, 3.8) is 0 Å². The van der Waals surface area contributed by atoms with E-state index in [-0.39, 0.29) is 18.3 Å². The van der Waals surface area contributed by atoms with E-state index in [2.05, 4.69) is 10.6 Å². The Labute approximate surface area is 164 Å². The standard InChI is InChI=1S/C23H23FN2O2/c1-17(25-15-19-9-5-6-10-22(19)24)23(27)26-20-11-13-21(14-12-20)28-16-18-7-3-2-4-8-18/h2-14,17,25H,15-16H2,1H3,(H,26,27). The lowest BCUT2D eigenvalue weighted by atomic mass is 10.2. The molecule has 4 nitrogen and oxygen atoms in total. The quantitative estimate of drug-likeness (QED) is 0.606. The van der Waals surface area contributed by atoms with Gasteiger partial charge in [0.1, 0.15) is 18.2 Å². The highest BCUT2D eigenvalue weighted by atomic mass is 19.1. The largest absolute Gasteiger partial charge is 0.489 e. The minimum atomic E-state index is -0.464. The Kier molecular flexibility index (Phi) is 6.76. The van der Waals surface area contributed by atoms with Crippen molar-refractivity contribution in [2.24, 2.45) is 0 Å². The van der Waals surface area contributed by atoms with Gasteiger partial charge in [0.2, 0.25) is 5.91 Å². The molecule has 28 heavy (non-hydrogen) atoms. The van der Waals surface area contributed by atoms with E-state index in [1.807, 2.05) is 42.5 Å². The monoisotopic (exact) mass is 378 g/mol. The van der Waals surface area contributed by atoms with E-state index in [0.717, 1.165) is 11.3 Å². The number of hydrogen-bond donors (Lipinski definition) is 2. The van der Waals surface area contributed by atoms with E-state index >= 15 is 0 Å². The summed E-state index contributed by atoms with van der Waals surface area (Å²) >= 11 is 0. The van der Waals surface area contributed by atoms with E-state index in [1.165, 1.54) is 6.07 Å². The van der Waals surface area contributed by atoms with E-state index in [0.29, 0.717) is 17.9 Å². The average Bonchev–Trinajstić information content (AvgIpc) is 2.73. The highest BCUT2D eigenvalue weighted by Crippen LogP contribution is 2.17. The number of carbonyl (C=O) groups excluding carboxylic acids is 1. The molecule has 1 unspecified atom stereocenters. The SMILES string of the molecule is CC(NCc1ccccc1F)C(=O)Nc1ccc(OCc2ccccc2)cc1. The van der Waals surface area contributed by atoms with Crippen molar-refractivity contribution in [2.45, 2.75) is 26.1 Å². The van der Waals surface area contributed by atoms with Gasteiger partial charge in [0.15, 0.2) is 0 Å². The number of rotatable bonds is 8. The molecule has 2 N–H and O–H groups in total. The summed E-state index contributed by atoms with van der Waals surface area (Å²) in [6, 6.07) is 23.2. The highest BCUT2D eigenvalue weighted by molar-refractivity contribution is 5.94. The van der Waals surface area contributed by atoms with Crippen LogP contribution in [0.1, 0.15) is 18.1 Å². The number of amides is 1. The van der Waals surface area contributed by atoms with Crippen LogP contribution < -0.4 is 15.4 Å². The molecule has 0 spiro atoms. The Morgan fingerprint density at radius 2 is 1.64 bits per heavy atom. The second-order valence-corrected chi connectivity index (χ2v) is 6.48. The maximum atomic E-state index is 13.6. The van der Waals surface area contributed by atoms with Gasteiger partial charge in [-0.3, -0.25) is 4.79 Å². The van der Waals surface area contributed by atoms with E-state index in [9.17, 15) is 9.18 Å². The van der Waals surface area contributed by atoms with Crippen LogP contribution in [-0.2, 0) is 17.9 Å². The summed E-state index contributed by atoms with van der Waals surface area (Å²) in [5.74, 6) is 0.260. The van der Waals surface area contributed by atoms with Crippen LogP contribution in [0.25, 0.3) is 0 Å². The first-order chi connectivity index (χ1) is 13.6. The van der Waals surface area contributed by atoms with Crippen LogP contribution in [0, 0.1) is 5.82 Å². The lowest BCUT2D eigenvalue weighted by Gasteiger charge is -2.15. The van der Waals surface area contributed by atoms with E-state index in [4.69, 9.17) is 4.74 Å². The molecule has 3 aromatic rings. The maximum Gasteiger partial charge on any atom is 0.241 e. The molecule has 0 saturated heterocycles.